The molecule has 0 bridgehead atoms. The van der Waals surface area contributed by atoms with Crippen LogP contribution in [0.3, 0.4) is 0 Å². The van der Waals surface area contributed by atoms with Gasteiger partial charge in [0.2, 0.25) is 0 Å². The third-order valence-corrected chi connectivity index (χ3v) is 3.98. The van der Waals surface area contributed by atoms with E-state index in [1.165, 1.54) is 0 Å². The first kappa shape index (κ1) is 15.3. The summed E-state index contributed by atoms with van der Waals surface area (Å²) in [5.74, 6) is 0.895. The Bertz CT molecular complexity index is 822. The van der Waals surface area contributed by atoms with Crippen LogP contribution < -0.4 is 10.5 Å². The van der Waals surface area contributed by atoms with E-state index in [-0.39, 0.29) is 5.56 Å². The fourth-order valence-electron chi connectivity index (χ4n) is 2.87. The molecule has 2 N–H and O–H groups in total. The van der Waals surface area contributed by atoms with Crippen LogP contribution >= 0.6 is 0 Å². The highest BCUT2D eigenvalue weighted by atomic mass is 16.3. The second-order valence-electron chi connectivity index (χ2n) is 5.88. The Morgan fingerprint density at radius 1 is 1.52 bits per heavy atom. The molecule has 0 radical (unpaired) electrons. The number of β-amino-alcohol motifs (C(OH)–C–C–N with tert-alkyl or cyclic N) is 1. The number of aromatic amines is 1. The van der Waals surface area contributed by atoms with Crippen molar-refractivity contribution in [1.29, 1.82) is 5.26 Å². The average molecular weight is 310 g/mol. The maximum absolute atomic E-state index is 12.2. The molecule has 0 saturated carbocycles. The molecule has 1 saturated heterocycles. The van der Waals surface area contributed by atoms with Crippen molar-refractivity contribution in [2.45, 2.75) is 25.9 Å². The number of anilines is 1. The lowest BCUT2D eigenvalue weighted by atomic mass is 10.1. The van der Waals surface area contributed by atoms with E-state index in [0.717, 1.165) is 11.1 Å². The van der Waals surface area contributed by atoms with Crippen LogP contribution in [0, 0.1) is 18.3 Å². The number of H-pyrrole nitrogens is 1. The molecule has 1 aromatic heterocycles. The van der Waals surface area contributed by atoms with Gasteiger partial charge in [-0.25, -0.2) is 4.98 Å². The highest BCUT2D eigenvalue weighted by Crippen LogP contribution is 2.20. The summed E-state index contributed by atoms with van der Waals surface area (Å²) < 4.78 is 0. The summed E-state index contributed by atoms with van der Waals surface area (Å²) in [6.45, 7) is 3.00. The number of nitriles is 1. The molecule has 1 aliphatic rings. The van der Waals surface area contributed by atoms with Crippen LogP contribution in [-0.4, -0.2) is 34.3 Å². The number of aryl methyl sites for hydroxylation is 1. The molecule has 0 amide bonds. The predicted molar refractivity (Wildman–Crippen MR) is 86.4 cm³/mol. The van der Waals surface area contributed by atoms with E-state index in [1.54, 1.807) is 4.90 Å². The van der Waals surface area contributed by atoms with Gasteiger partial charge in [-0.1, -0.05) is 29.8 Å². The zero-order chi connectivity index (χ0) is 16.4. The zero-order valence-electron chi connectivity index (χ0n) is 12.9. The number of nitrogens with zero attached hydrogens (tertiary/aromatic N) is 3. The summed E-state index contributed by atoms with van der Waals surface area (Å²) >= 11 is 0. The monoisotopic (exact) mass is 310 g/mol. The Kier molecular flexibility index (Phi) is 4.13. The zero-order valence-corrected chi connectivity index (χ0v) is 12.9. The summed E-state index contributed by atoms with van der Waals surface area (Å²) in [4.78, 5) is 21.2. The SMILES string of the molecule is Cc1cccc(Cc2nc(N3CCC(O)C3)c(C#N)c(=O)[nH]2)c1. The van der Waals surface area contributed by atoms with Gasteiger partial charge in [-0.3, -0.25) is 4.79 Å². The van der Waals surface area contributed by atoms with Gasteiger partial charge in [0.05, 0.1) is 6.10 Å². The van der Waals surface area contributed by atoms with Gasteiger partial charge in [0.1, 0.15) is 11.9 Å². The topological polar surface area (TPSA) is 93.0 Å². The normalized spacial score (nSPS) is 17.3. The van der Waals surface area contributed by atoms with Crippen LogP contribution in [0.5, 0.6) is 0 Å². The number of benzene rings is 1. The summed E-state index contributed by atoms with van der Waals surface area (Å²) in [5, 5.41) is 18.9. The van der Waals surface area contributed by atoms with E-state index in [4.69, 9.17) is 0 Å². The van der Waals surface area contributed by atoms with E-state index in [9.17, 15) is 15.2 Å². The fraction of sp³-hybridized carbons (Fsp3) is 0.353. The van der Waals surface area contributed by atoms with Gasteiger partial charge in [-0.2, -0.15) is 5.26 Å². The number of aliphatic hydroxyl groups is 1. The van der Waals surface area contributed by atoms with E-state index in [1.807, 2.05) is 37.3 Å². The van der Waals surface area contributed by atoms with Crippen molar-refractivity contribution >= 4 is 5.82 Å². The largest absolute Gasteiger partial charge is 0.391 e. The van der Waals surface area contributed by atoms with E-state index in [2.05, 4.69) is 9.97 Å². The third kappa shape index (κ3) is 3.25. The molecule has 23 heavy (non-hydrogen) atoms. The highest BCUT2D eigenvalue weighted by Gasteiger charge is 2.25. The molecule has 118 valence electrons. The van der Waals surface area contributed by atoms with Crippen molar-refractivity contribution in [3.05, 3.63) is 57.1 Å². The minimum Gasteiger partial charge on any atom is -0.391 e. The molecule has 1 fully saturated rings. The van der Waals surface area contributed by atoms with Gasteiger partial charge >= 0.3 is 0 Å². The number of nitrogens with one attached hydrogen (secondary N) is 1. The van der Waals surface area contributed by atoms with Gasteiger partial charge < -0.3 is 15.0 Å². The van der Waals surface area contributed by atoms with Crippen molar-refractivity contribution in [2.75, 3.05) is 18.0 Å². The van der Waals surface area contributed by atoms with Gasteiger partial charge in [-0.05, 0) is 18.9 Å². The van der Waals surface area contributed by atoms with E-state index < -0.39 is 11.7 Å². The Hall–Kier alpha value is -2.65. The average Bonchev–Trinajstić information content (AvgIpc) is 2.93. The molecule has 1 aliphatic heterocycles. The molecule has 3 rings (SSSR count). The molecule has 1 unspecified atom stereocenters. The van der Waals surface area contributed by atoms with E-state index >= 15 is 0 Å². The first-order valence-corrected chi connectivity index (χ1v) is 7.58. The highest BCUT2D eigenvalue weighted by molar-refractivity contribution is 5.53. The second kappa shape index (κ2) is 6.23. The Morgan fingerprint density at radius 3 is 3.00 bits per heavy atom. The summed E-state index contributed by atoms with van der Waals surface area (Å²) in [6.07, 6.45) is 0.668. The van der Waals surface area contributed by atoms with Gasteiger partial charge in [0.25, 0.3) is 5.56 Å². The number of hydrogen-bond acceptors (Lipinski definition) is 5. The van der Waals surface area contributed by atoms with Crippen LogP contribution in [0.15, 0.2) is 29.1 Å². The molecule has 0 aliphatic carbocycles. The Balaban J connectivity index is 1.98. The lowest BCUT2D eigenvalue weighted by Crippen LogP contribution is -2.28. The quantitative estimate of drug-likeness (QED) is 0.886. The molecule has 6 nitrogen and oxygen atoms in total. The standard InChI is InChI=1S/C17H18N4O2/c1-11-3-2-4-12(7-11)8-15-19-16(14(9-18)17(23)20-15)21-6-5-13(22)10-21/h2-4,7,13,22H,5-6,8,10H2,1H3,(H,19,20,23). The molecular formula is C17H18N4O2. The number of rotatable bonds is 3. The van der Waals surface area contributed by atoms with Crippen molar-refractivity contribution in [3.8, 4) is 6.07 Å². The van der Waals surface area contributed by atoms with Crippen LogP contribution in [0.2, 0.25) is 0 Å². The number of aliphatic hydroxyl groups excluding tert-OH is 1. The molecule has 2 aromatic rings. The lowest BCUT2D eigenvalue weighted by molar-refractivity contribution is 0.198. The minimum atomic E-state index is -0.442. The Morgan fingerprint density at radius 2 is 2.35 bits per heavy atom. The predicted octanol–water partition coefficient (Wildman–Crippen LogP) is 1.11. The van der Waals surface area contributed by atoms with Crippen LogP contribution in [0.4, 0.5) is 5.82 Å². The molecule has 2 heterocycles. The lowest BCUT2D eigenvalue weighted by Gasteiger charge is -2.18. The van der Waals surface area contributed by atoms with Crippen LogP contribution in [0.1, 0.15) is 28.9 Å². The first-order chi connectivity index (χ1) is 11.1. The van der Waals surface area contributed by atoms with Crippen molar-refractivity contribution < 1.29 is 5.11 Å². The number of hydrogen-bond donors (Lipinski definition) is 2. The summed E-state index contributed by atoms with van der Waals surface area (Å²) in [5.41, 5.74) is 1.76. The summed E-state index contributed by atoms with van der Waals surface area (Å²) in [6, 6.07) is 9.91. The second-order valence-corrected chi connectivity index (χ2v) is 5.88. The maximum atomic E-state index is 12.2. The van der Waals surface area contributed by atoms with Gasteiger partial charge in [0.15, 0.2) is 11.4 Å². The van der Waals surface area contributed by atoms with Crippen LogP contribution in [-0.2, 0) is 6.42 Å². The molecule has 1 aromatic carbocycles. The fourth-order valence-corrected chi connectivity index (χ4v) is 2.87. The van der Waals surface area contributed by atoms with Crippen LogP contribution in [0.25, 0.3) is 0 Å². The third-order valence-electron chi connectivity index (χ3n) is 3.98. The molecular weight excluding hydrogens is 292 g/mol. The molecule has 6 heteroatoms. The van der Waals surface area contributed by atoms with E-state index in [0.29, 0.717) is 37.6 Å². The molecule has 0 spiro atoms. The Labute approximate surface area is 134 Å². The maximum Gasteiger partial charge on any atom is 0.271 e. The van der Waals surface area contributed by atoms with Gasteiger partial charge in [0, 0.05) is 19.5 Å². The van der Waals surface area contributed by atoms with Crippen molar-refractivity contribution in [3.63, 3.8) is 0 Å². The van der Waals surface area contributed by atoms with Crippen molar-refractivity contribution in [1.82, 2.24) is 9.97 Å². The van der Waals surface area contributed by atoms with Gasteiger partial charge in [-0.15, -0.1) is 0 Å². The smallest absolute Gasteiger partial charge is 0.271 e. The summed E-state index contributed by atoms with van der Waals surface area (Å²) in [7, 11) is 0. The molecule has 1 atom stereocenters. The first-order valence-electron chi connectivity index (χ1n) is 7.58. The minimum absolute atomic E-state index is 0.00657. The number of aromatic nitrogens is 2. The van der Waals surface area contributed by atoms with Crippen molar-refractivity contribution in [2.24, 2.45) is 0 Å².